The first-order chi connectivity index (χ1) is 18.7. The lowest BCUT2D eigenvalue weighted by atomic mass is 9.90. The van der Waals surface area contributed by atoms with Crippen LogP contribution in [0.25, 0.3) is 83.4 Å². The minimum atomic E-state index is 1.34. The molecule has 0 amide bonds. The van der Waals surface area contributed by atoms with Crippen molar-refractivity contribution in [2.45, 2.75) is 13.8 Å². The molecule has 0 aliphatic rings. The van der Waals surface area contributed by atoms with Gasteiger partial charge in [0.25, 0.3) is 0 Å². The fourth-order valence-electron chi connectivity index (χ4n) is 6.86. The van der Waals surface area contributed by atoms with Crippen molar-refractivity contribution in [3.63, 3.8) is 0 Å². The molecule has 2 aromatic heterocycles. The second-order valence-corrected chi connectivity index (χ2v) is 12.6. The van der Waals surface area contributed by atoms with E-state index in [2.05, 4.69) is 111 Å². The molecule has 0 aliphatic heterocycles. The Bertz CT molecular complexity index is 2290. The molecule has 0 saturated heterocycles. The highest BCUT2D eigenvalue weighted by molar-refractivity contribution is 7.26. The Morgan fingerprint density at radius 1 is 0.368 bits per heavy atom. The van der Waals surface area contributed by atoms with Crippen molar-refractivity contribution in [1.82, 2.24) is 0 Å². The van der Waals surface area contributed by atoms with Crippen LogP contribution in [0.2, 0.25) is 0 Å². The number of fused-ring (bicyclic) bond motifs is 10. The highest BCUT2D eigenvalue weighted by atomic mass is 32.1. The van der Waals surface area contributed by atoms with Crippen molar-refractivity contribution >= 4 is 106 Å². The summed E-state index contributed by atoms with van der Waals surface area (Å²) in [7, 11) is 0. The molecular weight excluding hydrogens is 497 g/mol. The zero-order valence-corrected chi connectivity index (χ0v) is 22.7. The average molecular weight is 519 g/mol. The first-order valence-corrected chi connectivity index (χ1v) is 14.7. The van der Waals surface area contributed by atoms with Gasteiger partial charge >= 0.3 is 0 Å². The van der Waals surface area contributed by atoms with Gasteiger partial charge in [0, 0.05) is 51.1 Å². The SMILES string of the molecule is Cc1cc2c(sc3cccc4c3c2c2cccc3sc5c6ccccc6c(C)cc5c4c32)c2ccccc12. The zero-order valence-electron chi connectivity index (χ0n) is 21.1. The van der Waals surface area contributed by atoms with E-state index in [1.54, 1.807) is 0 Å². The normalized spacial score (nSPS) is 12.5. The van der Waals surface area contributed by atoms with Crippen molar-refractivity contribution in [1.29, 1.82) is 0 Å². The number of rotatable bonds is 0. The van der Waals surface area contributed by atoms with E-state index in [0.29, 0.717) is 0 Å². The van der Waals surface area contributed by atoms with E-state index < -0.39 is 0 Å². The molecule has 0 nitrogen and oxygen atoms in total. The van der Waals surface area contributed by atoms with Crippen LogP contribution >= 0.6 is 22.7 Å². The van der Waals surface area contributed by atoms with Gasteiger partial charge in [0.05, 0.1) is 0 Å². The van der Waals surface area contributed by atoms with Gasteiger partial charge in [-0.2, -0.15) is 0 Å². The molecule has 0 fully saturated rings. The minimum absolute atomic E-state index is 1.34. The van der Waals surface area contributed by atoms with Crippen LogP contribution in [0, 0.1) is 13.8 Å². The maximum atomic E-state index is 2.44. The van der Waals surface area contributed by atoms with E-state index in [0.717, 1.165) is 0 Å². The average Bonchev–Trinajstić information content (AvgIpc) is 2.95. The fourth-order valence-corrected chi connectivity index (χ4v) is 9.34. The highest BCUT2D eigenvalue weighted by Crippen LogP contribution is 2.50. The second kappa shape index (κ2) is 7.32. The molecule has 2 heterocycles. The maximum Gasteiger partial charge on any atom is 0.0433 e. The van der Waals surface area contributed by atoms with E-state index in [-0.39, 0.29) is 0 Å². The van der Waals surface area contributed by atoms with E-state index in [9.17, 15) is 0 Å². The van der Waals surface area contributed by atoms with E-state index >= 15 is 0 Å². The Morgan fingerprint density at radius 2 is 0.763 bits per heavy atom. The Hall–Kier alpha value is -3.98. The predicted octanol–water partition coefficient (Wildman–Crippen LogP) is 11.7. The second-order valence-electron chi connectivity index (χ2n) is 10.5. The lowest BCUT2D eigenvalue weighted by Crippen LogP contribution is -1.90. The third-order valence-corrected chi connectivity index (χ3v) is 10.9. The summed E-state index contributed by atoms with van der Waals surface area (Å²) >= 11 is 3.89. The van der Waals surface area contributed by atoms with Crippen LogP contribution in [0.4, 0.5) is 0 Å². The number of aryl methyl sites for hydroxylation is 2. The zero-order chi connectivity index (χ0) is 25.1. The Morgan fingerprint density at radius 3 is 1.21 bits per heavy atom. The molecule has 0 atom stereocenters. The van der Waals surface area contributed by atoms with Crippen LogP contribution in [0.15, 0.2) is 97.1 Å². The lowest BCUT2D eigenvalue weighted by Gasteiger charge is -2.19. The molecule has 0 saturated carbocycles. The quantitative estimate of drug-likeness (QED) is 0.138. The Labute approximate surface area is 227 Å². The van der Waals surface area contributed by atoms with Crippen LogP contribution in [-0.2, 0) is 0 Å². The molecule has 0 N–H and O–H groups in total. The molecule has 7 aromatic carbocycles. The smallest absolute Gasteiger partial charge is 0.0433 e. The van der Waals surface area contributed by atoms with Crippen LogP contribution < -0.4 is 0 Å². The van der Waals surface area contributed by atoms with Gasteiger partial charge in [0.2, 0.25) is 0 Å². The molecule has 0 radical (unpaired) electrons. The number of hydrogen-bond acceptors (Lipinski definition) is 2. The number of benzene rings is 7. The van der Waals surface area contributed by atoms with E-state index in [1.807, 2.05) is 22.7 Å². The minimum Gasteiger partial charge on any atom is -0.135 e. The summed E-state index contributed by atoms with van der Waals surface area (Å²) in [6.45, 7) is 4.52. The third kappa shape index (κ3) is 2.55. The van der Waals surface area contributed by atoms with E-state index in [4.69, 9.17) is 0 Å². The molecule has 178 valence electrons. The molecule has 2 heteroatoms. The van der Waals surface area contributed by atoms with Crippen LogP contribution in [0.1, 0.15) is 11.1 Å². The first kappa shape index (κ1) is 21.0. The van der Waals surface area contributed by atoms with Gasteiger partial charge in [-0.3, -0.25) is 0 Å². The molecule has 0 bridgehead atoms. The van der Waals surface area contributed by atoms with Gasteiger partial charge in [-0.25, -0.2) is 0 Å². The standard InChI is InChI=1S/C36H22S2/c1-19-17-27-31-25-13-7-16-30-34(25)32(28-18-20(2)22-10-4-6-12-24(22)36(28)38-30)26-14-8-15-29(33(26)31)37-35(27)23-11-5-3-9-21(19)23/h3-18H,1-2H3. The van der Waals surface area contributed by atoms with Crippen molar-refractivity contribution in [3.05, 3.63) is 108 Å². The fraction of sp³-hybridized carbons (Fsp3) is 0.0556. The Balaban J connectivity index is 1.65. The van der Waals surface area contributed by atoms with Crippen molar-refractivity contribution in [2.24, 2.45) is 0 Å². The van der Waals surface area contributed by atoms with Gasteiger partial charge in [0.15, 0.2) is 0 Å². The summed E-state index contributed by atoms with van der Waals surface area (Å²) in [4.78, 5) is 0. The van der Waals surface area contributed by atoms with E-state index in [1.165, 1.54) is 94.6 Å². The molecule has 38 heavy (non-hydrogen) atoms. The maximum absolute atomic E-state index is 2.44. The van der Waals surface area contributed by atoms with Crippen molar-refractivity contribution < 1.29 is 0 Å². The van der Waals surface area contributed by atoms with Crippen LogP contribution in [0.5, 0.6) is 0 Å². The summed E-state index contributed by atoms with van der Waals surface area (Å²) in [6.07, 6.45) is 0. The molecule has 0 spiro atoms. The summed E-state index contributed by atoms with van der Waals surface area (Å²) in [6, 6.07) is 36.5. The molecule has 0 unspecified atom stereocenters. The summed E-state index contributed by atoms with van der Waals surface area (Å²) in [5.74, 6) is 0. The third-order valence-electron chi connectivity index (χ3n) is 8.46. The molecule has 9 aromatic rings. The van der Waals surface area contributed by atoms with Gasteiger partial charge < -0.3 is 0 Å². The largest absolute Gasteiger partial charge is 0.135 e. The van der Waals surface area contributed by atoms with Crippen molar-refractivity contribution in [3.8, 4) is 0 Å². The lowest BCUT2D eigenvalue weighted by molar-refractivity contribution is 1.56. The molecule has 0 aliphatic carbocycles. The molecular formula is C36H22S2. The van der Waals surface area contributed by atoms with Gasteiger partial charge in [-0.15, -0.1) is 22.7 Å². The monoisotopic (exact) mass is 518 g/mol. The van der Waals surface area contributed by atoms with Crippen molar-refractivity contribution in [2.75, 3.05) is 0 Å². The molecule has 9 rings (SSSR count). The van der Waals surface area contributed by atoms with Crippen LogP contribution in [0.3, 0.4) is 0 Å². The topological polar surface area (TPSA) is 0 Å². The summed E-state index contributed by atoms with van der Waals surface area (Å²) in [5, 5.41) is 16.5. The first-order valence-electron chi connectivity index (χ1n) is 13.1. The van der Waals surface area contributed by atoms with Gasteiger partial charge in [-0.1, -0.05) is 72.8 Å². The highest BCUT2D eigenvalue weighted by Gasteiger charge is 2.20. The van der Waals surface area contributed by atoms with Gasteiger partial charge in [0.1, 0.15) is 0 Å². The summed E-state index contributed by atoms with van der Waals surface area (Å²) < 4.78 is 5.50. The predicted molar refractivity (Wildman–Crippen MR) is 172 cm³/mol. The van der Waals surface area contributed by atoms with Crippen LogP contribution in [-0.4, -0.2) is 0 Å². The summed E-state index contributed by atoms with van der Waals surface area (Å²) in [5.41, 5.74) is 2.68. The Kier molecular flexibility index (Phi) is 4.05. The van der Waals surface area contributed by atoms with Gasteiger partial charge in [-0.05, 0) is 81.6 Å². The number of hydrogen-bond donors (Lipinski definition) is 0.